The lowest BCUT2D eigenvalue weighted by molar-refractivity contribution is -0.118. The highest BCUT2D eigenvalue weighted by atomic mass is 35.5. The molecule has 0 atom stereocenters. The van der Waals surface area contributed by atoms with Crippen molar-refractivity contribution in [2.75, 3.05) is 11.9 Å². The number of aromatic nitrogens is 2. The Labute approximate surface area is 187 Å². The molecule has 0 unspecified atom stereocenters. The van der Waals surface area contributed by atoms with Crippen LogP contribution in [0.15, 0.2) is 60.9 Å². The molecule has 3 aromatic carbocycles. The number of ether oxygens (including phenoxy) is 2. The number of benzene rings is 3. The maximum absolute atomic E-state index is 12.3. The number of nitrogens with zero attached hydrogens (tertiary/aromatic N) is 2. The highest BCUT2D eigenvalue weighted by molar-refractivity contribution is 6.31. The topological polar surface area (TPSA) is 80.6 Å². The van der Waals surface area contributed by atoms with E-state index in [4.69, 9.17) is 39.2 Å². The summed E-state index contributed by atoms with van der Waals surface area (Å²) in [5, 5.41) is 3.50. The average molecular weight is 453 g/mol. The number of carbonyl (C=O) groups is 1. The van der Waals surface area contributed by atoms with Gasteiger partial charge in [-0.2, -0.15) is 0 Å². The first kappa shape index (κ1) is 20.5. The number of nitrogens with one attached hydrogen (secondary N) is 2. The fraction of sp³-hybridized carbons (Fsp3) is 0.0455. The van der Waals surface area contributed by atoms with Crippen molar-refractivity contribution in [3.63, 3.8) is 0 Å². The zero-order valence-corrected chi connectivity index (χ0v) is 17.4. The lowest BCUT2D eigenvalue weighted by Crippen LogP contribution is -2.20. The number of carbonyl (C=O) groups excluding carboxylic acids is 1. The second-order valence-electron chi connectivity index (χ2n) is 6.45. The third kappa shape index (κ3) is 5.25. The van der Waals surface area contributed by atoms with Gasteiger partial charge in [-0.15, -0.1) is 0 Å². The molecule has 1 aromatic heterocycles. The van der Waals surface area contributed by atoms with Gasteiger partial charge in [0.2, 0.25) is 0 Å². The van der Waals surface area contributed by atoms with Gasteiger partial charge in [0.1, 0.15) is 17.2 Å². The molecule has 0 saturated heterocycles. The van der Waals surface area contributed by atoms with E-state index in [1.165, 1.54) is 6.07 Å². The Bertz CT molecular complexity index is 1310. The number of rotatable bonds is 6. The van der Waals surface area contributed by atoms with Crippen molar-refractivity contribution in [1.82, 2.24) is 9.97 Å². The summed E-state index contributed by atoms with van der Waals surface area (Å²) in [7, 11) is 0. The van der Waals surface area contributed by atoms with Crippen molar-refractivity contribution < 1.29 is 14.3 Å². The summed E-state index contributed by atoms with van der Waals surface area (Å²) >= 11 is 12.2. The Kier molecular flexibility index (Phi) is 5.94. The number of hydrogen-bond donors (Lipinski definition) is 2. The fourth-order valence-electron chi connectivity index (χ4n) is 2.84. The molecular weight excluding hydrogens is 439 g/mol. The van der Waals surface area contributed by atoms with Crippen LogP contribution >= 0.6 is 23.2 Å². The van der Waals surface area contributed by atoms with E-state index in [1.807, 2.05) is 6.07 Å². The summed E-state index contributed by atoms with van der Waals surface area (Å²) in [6.07, 6.45) is 1.59. The first-order chi connectivity index (χ1) is 15.0. The van der Waals surface area contributed by atoms with E-state index < -0.39 is 0 Å². The Hall–Kier alpha value is -3.73. The molecule has 0 aliphatic heterocycles. The van der Waals surface area contributed by atoms with Gasteiger partial charge in [-0.1, -0.05) is 23.2 Å². The summed E-state index contributed by atoms with van der Waals surface area (Å²) in [5.74, 6) is 0.782. The molecule has 1 heterocycles. The largest absolute Gasteiger partial charge is 0.484 e. The molecule has 0 spiro atoms. The fourth-order valence-corrected chi connectivity index (χ4v) is 3.28. The number of fused-ring (bicyclic) bond motifs is 1. The van der Waals surface area contributed by atoms with Crippen LogP contribution in [0.2, 0.25) is 10.0 Å². The van der Waals surface area contributed by atoms with Crippen LogP contribution in [0.1, 0.15) is 0 Å². The van der Waals surface area contributed by atoms with Crippen LogP contribution in [0.5, 0.6) is 17.2 Å². The highest BCUT2D eigenvalue weighted by Gasteiger charge is 2.09. The number of anilines is 1. The van der Waals surface area contributed by atoms with Gasteiger partial charge in [0, 0.05) is 21.8 Å². The van der Waals surface area contributed by atoms with Crippen LogP contribution in [0, 0.1) is 6.57 Å². The van der Waals surface area contributed by atoms with Crippen molar-refractivity contribution in [3.8, 4) is 17.2 Å². The Balaban J connectivity index is 1.41. The summed E-state index contributed by atoms with van der Waals surface area (Å²) in [6, 6.07) is 14.8. The highest BCUT2D eigenvalue weighted by Crippen LogP contribution is 2.33. The maximum Gasteiger partial charge on any atom is 0.262 e. The average Bonchev–Trinajstić information content (AvgIpc) is 3.19. The molecule has 0 aliphatic carbocycles. The van der Waals surface area contributed by atoms with Crippen LogP contribution in [0.25, 0.3) is 15.9 Å². The second kappa shape index (κ2) is 8.96. The van der Waals surface area contributed by atoms with Gasteiger partial charge in [0.25, 0.3) is 5.91 Å². The number of aromatic amines is 1. The molecule has 0 bridgehead atoms. The summed E-state index contributed by atoms with van der Waals surface area (Å²) in [5.41, 5.74) is 2.59. The molecule has 0 aliphatic rings. The van der Waals surface area contributed by atoms with Crippen molar-refractivity contribution in [3.05, 3.63) is 82.4 Å². The monoisotopic (exact) mass is 452 g/mol. The minimum absolute atomic E-state index is 0.225. The molecule has 4 aromatic rings. The first-order valence-electron chi connectivity index (χ1n) is 9.01. The van der Waals surface area contributed by atoms with E-state index in [9.17, 15) is 4.79 Å². The van der Waals surface area contributed by atoms with Gasteiger partial charge in [0.05, 0.1) is 23.9 Å². The van der Waals surface area contributed by atoms with Crippen LogP contribution < -0.4 is 14.8 Å². The SMILES string of the molecule is [C-]#[N+]c1cc(Cl)cc(Oc2cc(Cl)cc(OCC(=O)Nc3ccc4[nH]cnc4c3)c2)c1. The molecule has 31 heavy (non-hydrogen) atoms. The van der Waals surface area contributed by atoms with Gasteiger partial charge < -0.3 is 19.8 Å². The Morgan fingerprint density at radius 2 is 1.77 bits per heavy atom. The lowest BCUT2D eigenvalue weighted by atomic mass is 10.2. The van der Waals surface area contributed by atoms with E-state index in [2.05, 4.69) is 20.1 Å². The third-order valence-electron chi connectivity index (χ3n) is 4.14. The minimum Gasteiger partial charge on any atom is -0.484 e. The molecule has 9 heteroatoms. The lowest BCUT2D eigenvalue weighted by Gasteiger charge is -2.11. The van der Waals surface area contributed by atoms with Crippen molar-refractivity contribution in [1.29, 1.82) is 0 Å². The van der Waals surface area contributed by atoms with Crippen molar-refractivity contribution in [2.45, 2.75) is 0 Å². The minimum atomic E-state index is -0.339. The normalized spacial score (nSPS) is 10.5. The molecule has 4 rings (SSSR count). The number of H-pyrrole nitrogens is 1. The third-order valence-corrected chi connectivity index (χ3v) is 4.58. The van der Waals surface area contributed by atoms with Gasteiger partial charge in [-0.3, -0.25) is 4.79 Å². The smallest absolute Gasteiger partial charge is 0.262 e. The molecule has 0 radical (unpaired) electrons. The quantitative estimate of drug-likeness (QED) is 0.339. The van der Waals surface area contributed by atoms with Gasteiger partial charge in [-0.05, 0) is 48.5 Å². The molecule has 0 saturated carbocycles. The number of amides is 1. The predicted molar refractivity (Wildman–Crippen MR) is 119 cm³/mol. The summed E-state index contributed by atoms with van der Waals surface area (Å²) in [6.45, 7) is 6.89. The van der Waals surface area contributed by atoms with Crippen LogP contribution in [-0.2, 0) is 4.79 Å². The Morgan fingerprint density at radius 1 is 1.03 bits per heavy atom. The summed E-state index contributed by atoms with van der Waals surface area (Å²) < 4.78 is 11.3. The molecule has 7 nitrogen and oxygen atoms in total. The molecular formula is C22H14Cl2N4O3. The predicted octanol–water partition coefficient (Wildman–Crippen LogP) is 6.23. The van der Waals surface area contributed by atoms with Crippen LogP contribution in [0.3, 0.4) is 0 Å². The molecule has 0 fully saturated rings. The standard InChI is InChI=1S/C22H14Cl2N4O3/c1-25-16-4-13(23)6-18(8-16)31-19-7-14(24)5-17(10-19)30-11-22(29)28-15-2-3-20-21(9-15)27-12-26-20/h2-10,12H,11H2,(H,26,27)(H,28,29). The number of imidazole rings is 1. The van der Waals surface area contributed by atoms with Gasteiger partial charge in [0.15, 0.2) is 12.3 Å². The maximum atomic E-state index is 12.3. The zero-order valence-electron chi connectivity index (χ0n) is 15.9. The van der Waals surface area contributed by atoms with Crippen LogP contribution in [0.4, 0.5) is 11.4 Å². The van der Waals surface area contributed by atoms with Gasteiger partial charge >= 0.3 is 0 Å². The molecule has 1 amide bonds. The number of halogens is 2. The number of hydrogen-bond acceptors (Lipinski definition) is 4. The van der Waals surface area contributed by atoms with E-state index in [0.29, 0.717) is 38.7 Å². The molecule has 154 valence electrons. The second-order valence-corrected chi connectivity index (χ2v) is 7.33. The van der Waals surface area contributed by atoms with Crippen molar-refractivity contribution >= 4 is 51.5 Å². The first-order valence-corrected chi connectivity index (χ1v) is 9.76. The van der Waals surface area contributed by atoms with Crippen molar-refractivity contribution in [2.24, 2.45) is 0 Å². The van der Waals surface area contributed by atoms with E-state index in [1.54, 1.807) is 48.8 Å². The van der Waals surface area contributed by atoms with E-state index >= 15 is 0 Å². The zero-order chi connectivity index (χ0) is 21.8. The Morgan fingerprint density at radius 3 is 2.58 bits per heavy atom. The summed E-state index contributed by atoms with van der Waals surface area (Å²) in [4.78, 5) is 22.8. The molecule has 2 N–H and O–H groups in total. The van der Waals surface area contributed by atoms with Crippen LogP contribution in [-0.4, -0.2) is 22.5 Å². The van der Waals surface area contributed by atoms with Gasteiger partial charge in [-0.25, -0.2) is 9.83 Å². The van der Waals surface area contributed by atoms with E-state index in [0.717, 1.165) is 11.0 Å². The van der Waals surface area contributed by atoms with E-state index in [-0.39, 0.29) is 12.5 Å².